The van der Waals surface area contributed by atoms with E-state index < -0.39 is 5.60 Å². The number of rotatable bonds is 7. The molecule has 3 aromatic heterocycles. The number of hydrogen-bond acceptors (Lipinski definition) is 8. The molecule has 0 aliphatic carbocycles. The summed E-state index contributed by atoms with van der Waals surface area (Å²) in [5.41, 5.74) is 3.46. The molecule has 1 saturated heterocycles. The van der Waals surface area contributed by atoms with Crippen molar-refractivity contribution >= 4 is 17.0 Å². The van der Waals surface area contributed by atoms with Crippen LogP contribution in [0.25, 0.3) is 22.0 Å². The van der Waals surface area contributed by atoms with Gasteiger partial charge in [0.2, 0.25) is 0 Å². The quantitative estimate of drug-likeness (QED) is 0.323. The number of aryl methyl sites for hydroxylation is 2. The van der Waals surface area contributed by atoms with Crippen LogP contribution >= 0.6 is 0 Å². The van der Waals surface area contributed by atoms with Gasteiger partial charge in [0.1, 0.15) is 23.7 Å². The van der Waals surface area contributed by atoms with Crippen molar-refractivity contribution in [2.45, 2.75) is 46.8 Å². The highest BCUT2D eigenvalue weighted by molar-refractivity contribution is 5.89. The SMILES string of the molecule is Cc1noc(C)c1-c1cc2ccc(=O)n(Cc3ccccn3)c2cc1OCCN1CCN(C(=O)OC(C)(C)C)CC1. The highest BCUT2D eigenvalue weighted by Gasteiger charge is 2.26. The van der Waals surface area contributed by atoms with Gasteiger partial charge in [0.15, 0.2) is 0 Å². The van der Waals surface area contributed by atoms with Gasteiger partial charge >= 0.3 is 6.09 Å². The summed E-state index contributed by atoms with van der Waals surface area (Å²) in [6.45, 7) is 13.6. The predicted octanol–water partition coefficient (Wildman–Crippen LogP) is 4.65. The standard InChI is InChI=1S/C31H37N5O5/c1-21-29(22(2)41-33-21)25-18-23-9-10-28(37)36(20-24-8-6-7-11-32-24)26(23)19-27(25)39-17-16-34-12-14-35(15-13-34)30(38)40-31(3,4)5/h6-11,18-19H,12-17,20H2,1-5H3. The molecule has 1 aliphatic heterocycles. The molecule has 1 amide bonds. The van der Waals surface area contributed by atoms with Crippen LogP contribution in [0.1, 0.15) is 37.9 Å². The Bertz CT molecular complexity index is 1560. The number of amides is 1. The molecule has 0 atom stereocenters. The molecule has 1 fully saturated rings. The zero-order valence-electron chi connectivity index (χ0n) is 24.3. The minimum atomic E-state index is -0.510. The number of piperazine rings is 1. The summed E-state index contributed by atoms with van der Waals surface area (Å²) >= 11 is 0. The van der Waals surface area contributed by atoms with Gasteiger partial charge in [-0.1, -0.05) is 11.2 Å². The molecule has 0 saturated carbocycles. The number of nitrogens with zero attached hydrogens (tertiary/aromatic N) is 5. The molecule has 0 bridgehead atoms. The van der Waals surface area contributed by atoms with E-state index in [-0.39, 0.29) is 11.7 Å². The van der Waals surface area contributed by atoms with Gasteiger partial charge in [0, 0.05) is 56.6 Å². The van der Waals surface area contributed by atoms with Crippen LogP contribution in [0.15, 0.2) is 58.0 Å². The third kappa shape index (κ3) is 6.59. The number of ether oxygens (including phenoxy) is 2. The smallest absolute Gasteiger partial charge is 0.410 e. The van der Waals surface area contributed by atoms with E-state index in [2.05, 4.69) is 15.0 Å². The van der Waals surface area contributed by atoms with Crippen molar-refractivity contribution in [1.82, 2.24) is 24.5 Å². The third-order valence-corrected chi connectivity index (χ3v) is 7.13. The second kappa shape index (κ2) is 11.7. The highest BCUT2D eigenvalue weighted by Crippen LogP contribution is 2.37. The second-order valence-electron chi connectivity index (χ2n) is 11.3. The third-order valence-electron chi connectivity index (χ3n) is 7.13. The van der Waals surface area contributed by atoms with Crippen LogP contribution in [0.5, 0.6) is 5.75 Å². The second-order valence-corrected chi connectivity index (χ2v) is 11.3. The molecule has 0 unspecified atom stereocenters. The first-order chi connectivity index (χ1) is 19.6. The average Bonchev–Trinajstić information content (AvgIpc) is 3.27. The molecule has 4 heterocycles. The molecule has 5 rings (SSSR count). The largest absolute Gasteiger partial charge is 0.492 e. The van der Waals surface area contributed by atoms with Crippen LogP contribution in [0, 0.1) is 13.8 Å². The number of aromatic nitrogens is 3. The minimum Gasteiger partial charge on any atom is -0.492 e. The number of hydrogen-bond donors (Lipinski definition) is 0. The summed E-state index contributed by atoms with van der Waals surface area (Å²) in [5.74, 6) is 1.35. The molecule has 0 N–H and O–H groups in total. The molecular formula is C31H37N5O5. The zero-order chi connectivity index (χ0) is 29.1. The van der Waals surface area contributed by atoms with E-state index in [1.807, 2.05) is 71.0 Å². The van der Waals surface area contributed by atoms with Gasteiger partial charge < -0.3 is 23.5 Å². The van der Waals surface area contributed by atoms with Crippen molar-refractivity contribution in [3.63, 3.8) is 0 Å². The van der Waals surface area contributed by atoms with E-state index >= 15 is 0 Å². The monoisotopic (exact) mass is 559 g/mol. The van der Waals surface area contributed by atoms with E-state index in [0.717, 1.165) is 46.5 Å². The number of carbonyl (C=O) groups excluding carboxylic acids is 1. The van der Waals surface area contributed by atoms with Gasteiger partial charge in [0.05, 0.1) is 29.0 Å². The lowest BCUT2D eigenvalue weighted by molar-refractivity contribution is 0.0137. The Hall–Kier alpha value is -4.18. The number of fused-ring (bicyclic) bond motifs is 1. The van der Waals surface area contributed by atoms with Gasteiger partial charge in [-0.2, -0.15) is 0 Å². The van der Waals surface area contributed by atoms with Crippen molar-refractivity contribution in [1.29, 1.82) is 0 Å². The summed E-state index contributed by atoms with van der Waals surface area (Å²) in [7, 11) is 0. The summed E-state index contributed by atoms with van der Waals surface area (Å²) in [4.78, 5) is 33.8. The highest BCUT2D eigenvalue weighted by atomic mass is 16.6. The maximum atomic E-state index is 13.0. The van der Waals surface area contributed by atoms with Crippen LogP contribution < -0.4 is 10.3 Å². The lowest BCUT2D eigenvalue weighted by Gasteiger charge is -2.35. The van der Waals surface area contributed by atoms with E-state index in [4.69, 9.17) is 14.0 Å². The fourth-order valence-corrected chi connectivity index (χ4v) is 5.09. The van der Waals surface area contributed by atoms with Crippen molar-refractivity contribution in [3.05, 3.63) is 76.2 Å². The number of benzene rings is 1. The molecule has 0 spiro atoms. The molecule has 216 valence electrons. The normalized spacial score (nSPS) is 14.4. The number of carbonyl (C=O) groups is 1. The van der Waals surface area contributed by atoms with Crippen molar-refractivity contribution in [3.8, 4) is 16.9 Å². The Balaban J connectivity index is 1.37. The molecular weight excluding hydrogens is 522 g/mol. The summed E-state index contributed by atoms with van der Waals surface area (Å²) < 4.78 is 19.1. The Morgan fingerprint density at radius 1 is 1.05 bits per heavy atom. The van der Waals surface area contributed by atoms with Gasteiger partial charge in [-0.25, -0.2) is 4.79 Å². The first kappa shape index (κ1) is 28.4. The lowest BCUT2D eigenvalue weighted by atomic mass is 10.0. The minimum absolute atomic E-state index is 0.109. The van der Waals surface area contributed by atoms with E-state index in [1.54, 1.807) is 21.7 Å². The molecule has 10 nitrogen and oxygen atoms in total. The molecule has 10 heteroatoms. The molecule has 41 heavy (non-hydrogen) atoms. The first-order valence-electron chi connectivity index (χ1n) is 13.9. The fourth-order valence-electron chi connectivity index (χ4n) is 5.09. The molecule has 1 aliphatic rings. The maximum absolute atomic E-state index is 13.0. The van der Waals surface area contributed by atoms with Crippen LogP contribution in [-0.2, 0) is 11.3 Å². The average molecular weight is 560 g/mol. The van der Waals surface area contributed by atoms with Crippen molar-refractivity contribution in [2.24, 2.45) is 0 Å². The maximum Gasteiger partial charge on any atom is 0.410 e. The topological polar surface area (TPSA) is 103 Å². The van der Waals surface area contributed by atoms with Crippen LogP contribution in [0.2, 0.25) is 0 Å². The Kier molecular flexibility index (Phi) is 8.12. The Labute approximate surface area is 239 Å². The van der Waals surface area contributed by atoms with Crippen molar-refractivity contribution < 1.29 is 18.8 Å². The summed E-state index contributed by atoms with van der Waals surface area (Å²) in [6, 6.07) is 13.1. The van der Waals surface area contributed by atoms with Gasteiger partial charge in [-0.05, 0) is 64.3 Å². The fraction of sp³-hybridized carbons (Fsp3) is 0.419. The number of pyridine rings is 2. The van der Waals surface area contributed by atoms with E-state index in [1.165, 1.54) is 0 Å². The Morgan fingerprint density at radius 2 is 1.83 bits per heavy atom. The van der Waals surface area contributed by atoms with E-state index in [0.29, 0.717) is 44.3 Å². The van der Waals surface area contributed by atoms with E-state index in [9.17, 15) is 9.59 Å². The first-order valence-corrected chi connectivity index (χ1v) is 13.9. The zero-order valence-corrected chi connectivity index (χ0v) is 24.3. The van der Waals surface area contributed by atoms with Crippen LogP contribution in [-0.4, -0.2) is 75.5 Å². The lowest BCUT2D eigenvalue weighted by Crippen LogP contribution is -2.50. The van der Waals surface area contributed by atoms with Crippen LogP contribution in [0.4, 0.5) is 4.79 Å². The summed E-state index contributed by atoms with van der Waals surface area (Å²) in [6.07, 6.45) is 1.45. The molecule has 0 radical (unpaired) electrons. The molecule has 1 aromatic carbocycles. The van der Waals surface area contributed by atoms with Gasteiger partial charge in [-0.3, -0.25) is 14.7 Å². The van der Waals surface area contributed by atoms with Gasteiger partial charge in [-0.15, -0.1) is 0 Å². The summed E-state index contributed by atoms with van der Waals surface area (Å²) in [5, 5.41) is 5.06. The van der Waals surface area contributed by atoms with Crippen LogP contribution in [0.3, 0.4) is 0 Å². The van der Waals surface area contributed by atoms with Gasteiger partial charge in [0.25, 0.3) is 5.56 Å². The van der Waals surface area contributed by atoms with Crippen molar-refractivity contribution in [2.75, 3.05) is 39.3 Å². The molecule has 4 aromatic rings. The Morgan fingerprint density at radius 3 is 2.49 bits per heavy atom. The predicted molar refractivity (Wildman–Crippen MR) is 156 cm³/mol.